The summed E-state index contributed by atoms with van der Waals surface area (Å²) in [5.74, 6) is 0.742. The molecule has 1 aromatic rings. The third-order valence-corrected chi connectivity index (χ3v) is 4.70. The number of carbonyl (C=O) groups excluding carboxylic acids is 1. The van der Waals surface area contributed by atoms with Crippen LogP contribution in [-0.2, 0) is 4.79 Å². The molecule has 5 heteroatoms. The molecule has 0 heterocycles. The molecule has 0 spiro atoms. The second-order valence-electron chi connectivity index (χ2n) is 5.18. The normalized spacial score (nSPS) is 15.4. The Balaban J connectivity index is 1.67. The van der Waals surface area contributed by atoms with E-state index in [1.54, 1.807) is 11.8 Å². The monoisotopic (exact) mass is 324 g/mol. The molecule has 0 bridgehead atoms. The van der Waals surface area contributed by atoms with Crippen LogP contribution in [0.3, 0.4) is 0 Å². The van der Waals surface area contributed by atoms with Gasteiger partial charge in [-0.2, -0.15) is 5.10 Å². The number of nitrogens with one attached hydrogen (secondary N) is 1. The maximum atomic E-state index is 11.8. The Morgan fingerprint density at radius 1 is 1.14 bits per heavy atom. The van der Waals surface area contributed by atoms with Crippen molar-refractivity contribution in [3.05, 3.63) is 29.3 Å². The number of rotatable bonds is 5. The maximum Gasteiger partial charge on any atom is 0.240 e. The summed E-state index contributed by atoms with van der Waals surface area (Å²) in [5, 5.41) is 5.00. The molecule has 0 saturated heterocycles. The van der Waals surface area contributed by atoms with E-state index in [1.165, 1.54) is 25.7 Å². The van der Waals surface area contributed by atoms with E-state index < -0.39 is 0 Å². The van der Waals surface area contributed by atoms with Crippen LogP contribution < -0.4 is 5.43 Å². The van der Waals surface area contributed by atoms with Crippen molar-refractivity contribution in [2.24, 2.45) is 5.10 Å². The first-order valence-corrected chi connectivity index (χ1v) is 8.83. The summed E-state index contributed by atoms with van der Waals surface area (Å²) >= 11 is 7.49. The van der Waals surface area contributed by atoms with Crippen LogP contribution in [0, 0.1) is 0 Å². The van der Waals surface area contributed by atoms with Gasteiger partial charge >= 0.3 is 0 Å². The van der Waals surface area contributed by atoms with Gasteiger partial charge in [-0.25, -0.2) is 5.43 Å². The molecule has 0 unspecified atom stereocenters. The van der Waals surface area contributed by atoms with Crippen LogP contribution in [0.4, 0.5) is 0 Å². The Bertz CT molecular complexity index is 478. The highest BCUT2D eigenvalue weighted by Crippen LogP contribution is 2.20. The van der Waals surface area contributed by atoms with Gasteiger partial charge in [0.25, 0.3) is 0 Å². The van der Waals surface area contributed by atoms with E-state index in [1.807, 2.05) is 24.3 Å². The van der Waals surface area contributed by atoms with Crippen LogP contribution in [0.2, 0.25) is 5.02 Å². The minimum Gasteiger partial charge on any atom is -0.273 e. The standard InChI is InChI=1S/C16H21ClN2OS/c17-13-7-9-15(10-8-13)21-12-11-16(20)19-18-14-5-3-1-2-4-6-14/h7-10H,1-6,11-12H2,(H,19,20). The fourth-order valence-corrected chi connectivity index (χ4v) is 3.22. The van der Waals surface area contributed by atoms with Gasteiger partial charge in [-0.1, -0.05) is 24.4 Å². The molecule has 0 aliphatic heterocycles. The quantitative estimate of drug-likeness (QED) is 0.486. The van der Waals surface area contributed by atoms with Crippen molar-refractivity contribution in [3.63, 3.8) is 0 Å². The summed E-state index contributed by atoms with van der Waals surface area (Å²) in [6, 6.07) is 7.66. The van der Waals surface area contributed by atoms with Crippen LogP contribution in [0.15, 0.2) is 34.3 Å². The second-order valence-corrected chi connectivity index (χ2v) is 6.78. The van der Waals surface area contributed by atoms with Crippen LogP contribution in [0.25, 0.3) is 0 Å². The fourth-order valence-electron chi connectivity index (χ4n) is 2.24. The molecule has 0 radical (unpaired) electrons. The molecule has 1 fully saturated rings. The molecule has 114 valence electrons. The first-order valence-electron chi connectivity index (χ1n) is 7.47. The number of halogens is 1. The van der Waals surface area contributed by atoms with Gasteiger partial charge in [0.1, 0.15) is 0 Å². The smallest absolute Gasteiger partial charge is 0.240 e. The zero-order valence-corrected chi connectivity index (χ0v) is 13.7. The Kier molecular flexibility index (Phi) is 7.10. The first-order chi connectivity index (χ1) is 10.2. The van der Waals surface area contributed by atoms with Crippen LogP contribution >= 0.6 is 23.4 Å². The van der Waals surface area contributed by atoms with E-state index in [9.17, 15) is 4.79 Å². The summed E-state index contributed by atoms with van der Waals surface area (Å²) < 4.78 is 0. The first kappa shape index (κ1) is 16.4. The van der Waals surface area contributed by atoms with E-state index in [0.29, 0.717) is 6.42 Å². The minimum absolute atomic E-state index is 0.00629. The lowest BCUT2D eigenvalue weighted by molar-refractivity contribution is -0.120. The molecule has 2 rings (SSSR count). The van der Waals surface area contributed by atoms with Gasteiger partial charge in [-0.05, 0) is 49.9 Å². The SMILES string of the molecule is O=C(CCSc1ccc(Cl)cc1)NN=C1CCCCCC1. The summed E-state index contributed by atoms with van der Waals surface area (Å²) in [6.45, 7) is 0. The maximum absolute atomic E-state index is 11.8. The van der Waals surface area contributed by atoms with Crippen molar-refractivity contribution in [1.29, 1.82) is 0 Å². The molecule has 1 N–H and O–H groups in total. The number of carbonyl (C=O) groups is 1. The molecule has 1 aromatic carbocycles. The van der Waals surface area contributed by atoms with Crippen molar-refractivity contribution >= 4 is 35.0 Å². The van der Waals surface area contributed by atoms with Crippen LogP contribution in [-0.4, -0.2) is 17.4 Å². The van der Waals surface area contributed by atoms with E-state index in [0.717, 1.165) is 34.2 Å². The number of hydrogen-bond donors (Lipinski definition) is 1. The summed E-state index contributed by atoms with van der Waals surface area (Å²) in [4.78, 5) is 12.9. The lowest BCUT2D eigenvalue weighted by atomic mass is 10.2. The predicted molar refractivity (Wildman–Crippen MR) is 90.1 cm³/mol. The second kappa shape index (κ2) is 9.11. The van der Waals surface area contributed by atoms with Crippen molar-refractivity contribution in [2.75, 3.05) is 5.75 Å². The van der Waals surface area contributed by atoms with Gasteiger partial charge in [0.2, 0.25) is 5.91 Å². The summed E-state index contributed by atoms with van der Waals surface area (Å²) in [6.07, 6.45) is 7.49. The third-order valence-electron chi connectivity index (χ3n) is 3.43. The molecule has 1 saturated carbocycles. The number of thioether (sulfide) groups is 1. The third kappa shape index (κ3) is 6.53. The molecular formula is C16H21ClN2OS. The molecule has 0 atom stereocenters. The molecule has 1 aliphatic carbocycles. The average Bonchev–Trinajstić information content (AvgIpc) is 2.76. The van der Waals surface area contributed by atoms with E-state index in [-0.39, 0.29) is 5.91 Å². The molecule has 3 nitrogen and oxygen atoms in total. The zero-order chi connectivity index (χ0) is 14.9. The highest BCUT2D eigenvalue weighted by atomic mass is 35.5. The van der Waals surface area contributed by atoms with Crippen molar-refractivity contribution in [1.82, 2.24) is 5.43 Å². The molecular weight excluding hydrogens is 304 g/mol. The van der Waals surface area contributed by atoms with Crippen LogP contribution in [0.5, 0.6) is 0 Å². The van der Waals surface area contributed by atoms with E-state index >= 15 is 0 Å². The number of benzene rings is 1. The van der Waals surface area contributed by atoms with Gasteiger partial charge in [-0.15, -0.1) is 11.8 Å². The van der Waals surface area contributed by atoms with Crippen molar-refractivity contribution in [2.45, 2.75) is 49.8 Å². The topological polar surface area (TPSA) is 41.5 Å². The number of nitrogens with zero attached hydrogens (tertiary/aromatic N) is 1. The predicted octanol–water partition coefficient (Wildman–Crippen LogP) is 4.65. The molecule has 21 heavy (non-hydrogen) atoms. The lowest BCUT2D eigenvalue weighted by Crippen LogP contribution is -2.19. The Labute approximate surface area is 135 Å². The number of hydrogen-bond acceptors (Lipinski definition) is 3. The molecule has 0 aromatic heterocycles. The van der Waals surface area contributed by atoms with Crippen molar-refractivity contribution < 1.29 is 4.79 Å². The van der Waals surface area contributed by atoms with Gasteiger partial charge in [0.15, 0.2) is 0 Å². The average molecular weight is 325 g/mol. The van der Waals surface area contributed by atoms with E-state index in [2.05, 4.69) is 10.5 Å². The Hall–Kier alpha value is -1.00. The number of amides is 1. The van der Waals surface area contributed by atoms with Gasteiger partial charge in [-0.3, -0.25) is 4.79 Å². The zero-order valence-electron chi connectivity index (χ0n) is 12.1. The number of hydrazone groups is 1. The van der Waals surface area contributed by atoms with E-state index in [4.69, 9.17) is 11.6 Å². The highest BCUT2D eigenvalue weighted by molar-refractivity contribution is 7.99. The largest absolute Gasteiger partial charge is 0.273 e. The fraction of sp³-hybridized carbons (Fsp3) is 0.500. The van der Waals surface area contributed by atoms with Crippen LogP contribution in [0.1, 0.15) is 44.9 Å². The molecule has 1 aliphatic rings. The van der Waals surface area contributed by atoms with Crippen molar-refractivity contribution in [3.8, 4) is 0 Å². The lowest BCUT2D eigenvalue weighted by Gasteiger charge is -2.04. The van der Waals surface area contributed by atoms with Gasteiger partial charge < -0.3 is 0 Å². The molecule has 1 amide bonds. The van der Waals surface area contributed by atoms with Gasteiger partial charge in [0, 0.05) is 27.8 Å². The van der Waals surface area contributed by atoms with Gasteiger partial charge in [0.05, 0.1) is 0 Å². The Morgan fingerprint density at radius 3 is 2.48 bits per heavy atom. The summed E-state index contributed by atoms with van der Waals surface area (Å²) in [5.41, 5.74) is 3.83. The Morgan fingerprint density at radius 2 is 1.81 bits per heavy atom. The minimum atomic E-state index is -0.00629. The highest BCUT2D eigenvalue weighted by Gasteiger charge is 2.07. The summed E-state index contributed by atoms with van der Waals surface area (Å²) in [7, 11) is 0.